The Labute approximate surface area is 92.4 Å². The summed E-state index contributed by atoms with van der Waals surface area (Å²) in [6.45, 7) is 1.37. The van der Waals surface area contributed by atoms with Crippen molar-refractivity contribution in [3.8, 4) is 5.75 Å². The van der Waals surface area contributed by atoms with E-state index in [-0.39, 0.29) is 13.2 Å². The Bertz CT molecular complexity index is 308. The number of halogens is 3. The number of hydrogen-bond donors (Lipinski definition) is 1. The van der Waals surface area contributed by atoms with Crippen LogP contribution in [0.2, 0.25) is 0 Å². The Morgan fingerprint density at radius 3 is 2.38 bits per heavy atom. The molecule has 0 bridgehead atoms. The van der Waals surface area contributed by atoms with Gasteiger partial charge in [0, 0.05) is 6.54 Å². The maximum Gasteiger partial charge on any atom is 0.401 e. The van der Waals surface area contributed by atoms with Gasteiger partial charge < -0.3 is 10.1 Å². The van der Waals surface area contributed by atoms with Crippen LogP contribution in [0, 0.1) is 6.92 Å². The molecule has 90 valence electrons. The number of hydrogen-bond acceptors (Lipinski definition) is 2. The molecule has 1 aromatic rings. The lowest BCUT2D eigenvalue weighted by molar-refractivity contribution is -0.124. The van der Waals surface area contributed by atoms with Crippen molar-refractivity contribution in [3.63, 3.8) is 0 Å². The summed E-state index contributed by atoms with van der Waals surface area (Å²) in [6, 6.07) is 7.36. The summed E-state index contributed by atoms with van der Waals surface area (Å²) in [4.78, 5) is 0. The molecule has 0 saturated heterocycles. The molecule has 0 aliphatic rings. The zero-order chi connectivity index (χ0) is 12.0. The van der Waals surface area contributed by atoms with Crippen molar-refractivity contribution in [1.82, 2.24) is 5.32 Å². The minimum Gasteiger partial charge on any atom is -0.492 e. The van der Waals surface area contributed by atoms with Gasteiger partial charge in [-0.15, -0.1) is 0 Å². The number of rotatable bonds is 5. The molecule has 0 spiro atoms. The molecule has 16 heavy (non-hydrogen) atoms. The Balaban J connectivity index is 2.14. The van der Waals surface area contributed by atoms with Crippen LogP contribution < -0.4 is 10.1 Å². The molecule has 0 aliphatic carbocycles. The average Bonchev–Trinajstić information content (AvgIpc) is 2.19. The Morgan fingerprint density at radius 1 is 1.19 bits per heavy atom. The molecule has 1 aromatic carbocycles. The Morgan fingerprint density at radius 2 is 1.81 bits per heavy atom. The summed E-state index contributed by atoms with van der Waals surface area (Å²) in [6.07, 6.45) is -4.16. The van der Waals surface area contributed by atoms with Crippen molar-refractivity contribution in [2.45, 2.75) is 13.1 Å². The van der Waals surface area contributed by atoms with Gasteiger partial charge in [0.2, 0.25) is 0 Å². The number of aryl methyl sites for hydroxylation is 1. The van der Waals surface area contributed by atoms with E-state index in [1.807, 2.05) is 19.1 Å². The van der Waals surface area contributed by atoms with Crippen LogP contribution in [0.4, 0.5) is 13.2 Å². The summed E-state index contributed by atoms with van der Waals surface area (Å²) in [5, 5.41) is 2.26. The fourth-order valence-electron chi connectivity index (χ4n) is 1.11. The molecule has 1 rings (SSSR count). The predicted molar refractivity (Wildman–Crippen MR) is 55.6 cm³/mol. The molecule has 0 fully saturated rings. The first-order valence-electron chi connectivity index (χ1n) is 4.94. The van der Waals surface area contributed by atoms with Crippen molar-refractivity contribution < 1.29 is 17.9 Å². The molecule has 0 aliphatic heterocycles. The second-order valence-electron chi connectivity index (χ2n) is 3.45. The smallest absolute Gasteiger partial charge is 0.401 e. The lowest BCUT2D eigenvalue weighted by atomic mass is 10.2. The predicted octanol–water partition coefficient (Wildman–Crippen LogP) is 2.53. The largest absolute Gasteiger partial charge is 0.492 e. The molecule has 0 atom stereocenters. The van der Waals surface area contributed by atoms with Gasteiger partial charge in [0.05, 0.1) is 6.54 Å². The van der Waals surface area contributed by atoms with E-state index >= 15 is 0 Å². The molecule has 0 amide bonds. The third kappa shape index (κ3) is 5.60. The van der Waals surface area contributed by atoms with Crippen molar-refractivity contribution in [2.75, 3.05) is 19.7 Å². The zero-order valence-corrected chi connectivity index (χ0v) is 8.97. The maximum absolute atomic E-state index is 11.7. The standard InChI is InChI=1S/C11H14F3NO/c1-9-2-4-10(5-3-9)16-7-6-15-8-11(12,13)14/h2-5,15H,6-8H2,1H3. The third-order valence-corrected chi connectivity index (χ3v) is 1.89. The summed E-state index contributed by atoms with van der Waals surface area (Å²) in [7, 11) is 0. The van der Waals surface area contributed by atoms with Crippen LogP contribution in [-0.4, -0.2) is 25.9 Å². The van der Waals surface area contributed by atoms with Gasteiger partial charge in [-0.3, -0.25) is 0 Å². The van der Waals surface area contributed by atoms with Gasteiger partial charge in [0.1, 0.15) is 12.4 Å². The molecule has 0 saturated carbocycles. The van der Waals surface area contributed by atoms with E-state index in [9.17, 15) is 13.2 Å². The normalized spacial score (nSPS) is 11.5. The highest BCUT2D eigenvalue weighted by molar-refractivity contribution is 5.26. The minimum absolute atomic E-state index is 0.174. The third-order valence-electron chi connectivity index (χ3n) is 1.89. The molecule has 5 heteroatoms. The van der Waals surface area contributed by atoms with Crippen LogP contribution in [0.1, 0.15) is 5.56 Å². The van der Waals surface area contributed by atoms with E-state index in [0.717, 1.165) is 5.56 Å². The van der Waals surface area contributed by atoms with Gasteiger partial charge in [0.15, 0.2) is 0 Å². The highest BCUT2D eigenvalue weighted by atomic mass is 19.4. The van der Waals surface area contributed by atoms with Crippen molar-refractivity contribution >= 4 is 0 Å². The van der Waals surface area contributed by atoms with Gasteiger partial charge in [-0.05, 0) is 19.1 Å². The van der Waals surface area contributed by atoms with Gasteiger partial charge >= 0.3 is 6.18 Å². The number of alkyl halides is 3. The molecule has 0 heterocycles. The first kappa shape index (κ1) is 12.8. The fraction of sp³-hybridized carbons (Fsp3) is 0.455. The summed E-state index contributed by atoms with van der Waals surface area (Å²) < 4.78 is 40.5. The van der Waals surface area contributed by atoms with Crippen LogP contribution in [0.5, 0.6) is 5.75 Å². The second kappa shape index (κ2) is 5.75. The number of nitrogens with one attached hydrogen (secondary N) is 1. The van der Waals surface area contributed by atoms with Crippen LogP contribution in [0.3, 0.4) is 0 Å². The van der Waals surface area contributed by atoms with Crippen LogP contribution in [0.15, 0.2) is 24.3 Å². The van der Waals surface area contributed by atoms with Gasteiger partial charge in [-0.2, -0.15) is 13.2 Å². The van der Waals surface area contributed by atoms with Crippen LogP contribution in [0.25, 0.3) is 0 Å². The van der Waals surface area contributed by atoms with E-state index in [1.165, 1.54) is 0 Å². The summed E-state index contributed by atoms with van der Waals surface area (Å²) in [5.41, 5.74) is 1.11. The molecular weight excluding hydrogens is 219 g/mol. The minimum atomic E-state index is -4.16. The SMILES string of the molecule is Cc1ccc(OCCNCC(F)(F)F)cc1. The summed E-state index contributed by atoms with van der Waals surface area (Å²) in [5.74, 6) is 0.666. The van der Waals surface area contributed by atoms with E-state index < -0.39 is 12.7 Å². The molecule has 0 radical (unpaired) electrons. The fourth-order valence-corrected chi connectivity index (χ4v) is 1.11. The Hall–Kier alpha value is -1.23. The number of ether oxygens (including phenoxy) is 1. The highest BCUT2D eigenvalue weighted by Crippen LogP contribution is 2.12. The number of benzene rings is 1. The van der Waals surface area contributed by atoms with Crippen molar-refractivity contribution in [3.05, 3.63) is 29.8 Å². The van der Waals surface area contributed by atoms with E-state index in [0.29, 0.717) is 5.75 Å². The van der Waals surface area contributed by atoms with E-state index in [4.69, 9.17) is 4.74 Å². The molecule has 2 nitrogen and oxygen atoms in total. The quantitative estimate of drug-likeness (QED) is 0.789. The van der Waals surface area contributed by atoms with Gasteiger partial charge in [0.25, 0.3) is 0 Å². The maximum atomic E-state index is 11.7. The van der Waals surface area contributed by atoms with Gasteiger partial charge in [-0.1, -0.05) is 17.7 Å². The molecule has 0 unspecified atom stereocenters. The van der Waals surface area contributed by atoms with Crippen molar-refractivity contribution in [1.29, 1.82) is 0 Å². The van der Waals surface area contributed by atoms with E-state index in [1.54, 1.807) is 12.1 Å². The van der Waals surface area contributed by atoms with Gasteiger partial charge in [-0.25, -0.2) is 0 Å². The molecule has 1 N–H and O–H groups in total. The highest BCUT2D eigenvalue weighted by Gasteiger charge is 2.25. The molecule has 0 aromatic heterocycles. The first-order chi connectivity index (χ1) is 7.47. The van der Waals surface area contributed by atoms with Crippen LogP contribution >= 0.6 is 0 Å². The second-order valence-corrected chi connectivity index (χ2v) is 3.45. The lowest BCUT2D eigenvalue weighted by Gasteiger charge is -2.09. The summed E-state index contributed by atoms with van der Waals surface area (Å²) >= 11 is 0. The Kier molecular flexibility index (Phi) is 4.61. The first-order valence-corrected chi connectivity index (χ1v) is 4.94. The topological polar surface area (TPSA) is 21.3 Å². The van der Waals surface area contributed by atoms with Crippen LogP contribution in [-0.2, 0) is 0 Å². The van der Waals surface area contributed by atoms with E-state index in [2.05, 4.69) is 5.32 Å². The monoisotopic (exact) mass is 233 g/mol. The average molecular weight is 233 g/mol. The van der Waals surface area contributed by atoms with Crippen molar-refractivity contribution in [2.24, 2.45) is 0 Å². The zero-order valence-electron chi connectivity index (χ0n) is 8.97. The lowest BCUT2D eigenvalue weighted by Crippen LogP contribution is -2.31. The molecular formula is C11H14F3NO.